The molecule has 116 valence electrons. The van der Waals surface area contributed by atoms with Crippen molar-refractivity contribution in [3.05, 3.63) is 11.7 Å². The van der Waals surface area contributed by atoms with Crippen molar-refractivity contribution in [3.8, 4) is 0 Å². The highest BCUT2D eigenvalue weighted by Crippen LogP contribution is 2.03. The minimum absolute atomic E-state index is 0.0176. The summed E-state index contributed by atoms with van der Waals surface area (Å²) in [5, 5.41) is 14.8. The minimum Gasteiger partial charge on any atom is -0.480 e. The molecule has 1 aromatic heterocycles. The van der Waals surface area contributed by atoms with Gasteiger partial charge in [-0.15, -0.1) is 0 Å². The monoisotopic (exact) mass is 298 g/mol. The number of nitrogens with two attached hydrogens (primary N) is 1. The third kappa shape index (κ3) is 6.02. The van der Waals surface area contributed by atoms with Gasteiger partial charge in [-0.1, -0.05) is 12.1 Å². The van der Waals surface area contributed by atoms with Crippen molar-refractivity contribution in [2.24, 2.45) is 5.73 Å². The van der Waals surface area contributed by atoms with Gasteiger partial charge in [-0.25, -0.2) is 4.79 Å². The molecule has 9 nitrogen and oxygen atoms in total. The summed E-state index contributed by atoms with van der Waals surface area (Å²) in [5.74, 6) is -1.76. The minimum atomic E-state index is -1.33. The van der Waals surface area contributed by atoms with Gasteiger partial charge in [-0.05, 0) is 6.42 Å². The molecular weight excluding hydrogens is 280 g/mol. The first kappa shape index (κ1) is 16.6. The van der Waals surface area contributed by atoms with E-state index < -0.39 is 30.2 Å². The molecule has 0 unspecified atom stereocenters. The van der Waals surface area contributed by atoms with Crippen molar-refractivity contribution in [3.63, 3.8) is 0 Å². The first-order valence-electron chi connectivity index (χ1n) is 6.54. The molecule has 21 heavy (non-hydrogen) atoms. The number of carbonyl (C=O) groups excluding carboxylic acids is 2. The third-order valence-electron chi connectivity index (χ3n) is 2.59. The summed E-state index contributed by atoms with van der Waals surface area (Å²) in [4.78, 5) is 37.3. The Morgan fingerprint density at radius 2 is 2.10 bits per heavy atom. The number of aliphatic carboxylic acids is 1. The number of amides is 2. The molecule has 1 heterocycles. The Morgan fingerprint density at radius 3 is 2.67 bits per heavy atom. The molecule has 0 saturated heterocycles. The summed E-state index contributed by atoms with van der Waals surface area (Å²) in [6, 6.07) is -1.33. The number of nitrogens with zero attached hydrogens (tertiary/aromatic N) is 2. The van der Waals surface area contributed by atoms with E-state index in [9.17, 15) is 14.4 Å². The Balaban J connectivity index is 2.44. The first-order chi connectivity index (χ1) is 9.92. The molecule has 1 atom stereocenters. The maximum absolute atomic E-state index is 11.6. The SMILES string of the molecule is CCCc1noc(CCC(=O)N[C@@H](CC(N)=O)C(=O)O)n1. The van der Waals surface area contributed by atoms with Gasteiger partial charge in [0, 0.05) is 19.3 Å². The predicted molar refractivity (Wildman–Crippen MR) is 70.0 cm³/mol. The van der Waals surface area contributed by atoms with Crippen molar-refractivity contribution in [2.45, 2.75) is 45.1 Å². The van der Waals surface area contributed by atoms with Gasteiger partial charge in [-0.3, -0.25) is 9.59 Å². The molecule has 0 aliphatic carbocycles. The molecule has 1 aromatic rings. The molecule has 0 bridgehead atoms. The number of rotatable bonds is 9. The highest BCUT2D eigenvalue weighted by molar-refractivity contribution is 5.88. The molecule has 0 saturated carbocycles. The van der Waals surface area contributed by atoms with Crippen LogP contribution in [0.3, 0.4) is 0 Å². The smallest absolute Gasteiger partial charge is 0.326 e. The van der Waals surface area contributed by atoms with Crippen molar-refractivity contribution in [1.29, 1.82) is 0 Å². The van der Waals surface area contributed by atoms with E-state index in [1.165, 1.54) is 0 Å². The second-order valence-corrected chi connectivity index (χ2v) is 4.48. The zero-order valence-corrected chi connectivity index (χ0v) is 11.7. The lowest BCUT2D eigenvalue weighted by molar-refractivity contribution is -0.143. The largest absolute Gasteiger partial charge is 0.480 e. The summed E-state index contributed by atoms with van der Waals surface area (Å²) in [7, 11) is 0. The standard InChI is InChI=1S/C12H18N4O5/c1-2-3-9-15-11(21-16-9)5-4-10(18)14-7(12(19)20)6-8(13)17/h7H,2-6H2,1H3,(H2,13,17)(H,14,18)(H,19,20)/t7-/m0/s1. The number of carbonyl (C=O) groups is 3. The van der Waals surface area contributed by atoms with Crippen molar-refractivity contribution >= 4 is 17.8 Å². The highest BCUT2D eigenvalue weighted by atomic mass is 16.5. The van der Waals surface area contributed by atoms with E-state index in [-0.39, 0.29) is 12.8 Å². The maximum Gasteiger partial charge on any atom is 0.326 e. The lowest BCUT2D eigenvalue weighted by Crippen LogP contribution is -2.43. The van der Waals surface area contributed by atoms with Gasteiger partial charge in [-0.2, -0.15) is 4.98 Å². The van der Waals surface area contributed by atoms with E-state index in [0.29, 0.717) is 18.1 Å². The van der Waals surface area contributed by atoms with Crippen molar-refractivity contribution in [1.82, 2.24) is 15.5 Å². The summed E-state index contributed by atoms with van der Waals surface area (Å²) in [6.45, 7) is 1.98. The molecule has 2 amide bonds. The Bertz CT molecular complexity index is 514. The van der Waals surface area contributed by atoms with Gasteiger partial charge in [0.2, 0.25) is 17.7 Å². The first-order valence-corrected chi connectivity index (χ1v) is 6.54. The Labute approximate surface area is 120 Å². The van der Waals surface area contributed by atoms with Crippen molar-refractivity contribution < 1.29 is 24.0 Å². The van der Waals surface area contributed by atoms with E-state index in [4.69, 9.17) is 15.4 Å². The van der Waals surface area contributed by atoms with Gasteiger partial charge >= 0.3 is 5.97 Å². The summed E-state index contributed by atoms with van der Waals surface area (Å²) >= 11 is 0. The average Bonchev–Trinajstić information content (AvgIpc) is 2.83. The molecule has 0 spiro atoms. The lowest BCUT2D eigenvalue weighted by atomic mass is 10.2. The van der Waals surface area contributed by atoms with Gasteiger partial charge < -0.3 is 20.7 Å². The molecule has 4 N–H and O–H groups in total. The van der Waals surface area contributed by atoms with Crippen LogP contribution < -0.4 is 11.1 Å². The number of aryl methyl sites for hydroxylation is 2. The van der Waals surface area contributed by atoms with Crippen LogP contribution in [0.15, 0.2) is 4.52 Å². The Kier molecular flexibility index (Phi) is 6.31. The zero-order chi connectivity index (χ0) is 15.8. The number of nitrogens with one attached hydrogen (secondary N) is 1. The maximum atomic E-state index is 11.6. The zero-order valence-electron chi connectivity index (χ0n) is 11.7. The van der Waals surface area contributed by atoms with Gasteiger partial charge in [0.05, 0.1) is 6.42 Å². The second-order valence-electron chi connectivity index (χ2n) is 4.48. The van der Waals surface area contributed by atoms with Crippen LogP contribution in [0.25, 0.3) is 0 Å². The van der Waals surface area contributed by atoms with Crippen LogP contribution in [0.5, 0.6) is 0 Å². The summed E-state index contributed by atoms with van der Waals surface area (Å²) < 4.78 is 4.95. The van der Waals surface area contributed by atoms with E-state index in [1.807, 2.05) is 6.92 Å². The normalized spacial score (nSPS) is 11.9. The molecule has 9 heteroatoms. The molecule has 0 aliphatic heterocycles. The second kappa shape index (κ2) is 7.98. The van der Waals surface area contributed by atoms with Gasteiger partial charge in [0.15, 0.2) is 5.82 Å². The van der Waals surface area contributed by atoms with Crippen LogP contribution in [0.4, 0.5) is 0 Å². The summed E-state index contributed by atoms with van der Waals surface area (Å²) in [6.07, 6.45) is 1.30. The number of primary amides is 1. The third-order valence-corrected chi connectivity index (χ3v) is 2.59. The predicted octanol–water partition coefficient (Wildman–Crippen LogP) is -0.600. The number of hydrogen-bond donors (Lipinski definition) is 3. The quantitative estimate of drug-likeness (QED) is 0.551. The van der Waals surface area contributed by atoms with Crippen LogP contribution in [-0.4, -0.2) is 39.1 Å². The molecule has 0 aromatic carbocycles. The van der Waals surface area contributed by atoms with Crippen LogP contribution in [0.2, 0.25) is 0 Å². The van der Waals surface area contributed by atoms with E-state index in [2.05, 4.69) is 15.5 Å². The molecular formula is C12H18N4O5. The van der Waals surface area contributed by atoms with Crippen LogP contribution >= 0.6 is 0 Å². The van der Waals surface area contributed by atoms with Gasteiger partial charge in [0.1, 0.15) is 6.04 Å². The van der Waals surface area contributed by atoms with E-state index in [1.54, 1.807) is 0 Å². The Hall–Kier alpha value is -2.45. The molecule has 0 radical (unpaired) electrons. The fraction of sp³-hybridized carbons (Fsp3) is 0.583. The highest BCUT2D eigenvalue weighted by Gasteiger charge is 2.22. The molecule has 0 fully saturated rings. The average molecular weight is 298 g/mol. The number of hydrogen-bond acceptors (Lipinski definition) is 6. The van der Waals surface area contributed by atoms with Crippen LogP contribution in [0.1, 0.15) is 37.9 Å². The lowest BCUT2D eigenvalue weighted by Gasteiger charge is -2.12. The van der Waals surface area contributed by atoms with Crippen LogP contribution in [0, 0.1) is 0 Å². The molecule has 0 aliphatic rings. The Morgan fingerprint density at radius 1 is 1.38 bits per heavy atom. The summed E-state index contributed by atoms with van der Waals surface area (Å²) in [5.41, 5.74) is 4.92. The van der Waals surface area contributed by atoms with E-state index in [0.717, 1.165) is 6.42 Å². The number of carboxylic acid groups (broad SMARTS) is 1. The van der Waals surface area contributed by atoms with Crippen LogP contribution in [-0.2, 0) is 27.2 Å². The van der Waals surface area contributed by atoms with E-state index >= 15 is 0 Å². The molecule has 1 rings (SSSR count). The topological polar surface area (TPSA) is 148 Å². The number of aromatic nitrogens is 2. The van der Waals surface area contributed by atoms with Gasteiger partial charge in [0.25, 0.3) is 0 Å². The van der Waals surface area contributed by atoms with Crippen molar-refractivity contribution in [2.75, 3.05) is 0 Å². The fourth-order valence-corrected chi connectivity index (χ4v) is 1.61. The fourth-order valence-electron chi connectivity index (χ4n) is 1.61. The number of carboxylic acids is 1.